The van der Waals surface area contributed by atoms with E-state index in [-0.39, 0.29) is 6.79 Å². The first-order chi connectivity index (χ1) is 11.2. The summed E-state index contributed by atoms with van der Waals surface area (Å²) in [4.78, 5) is 0. The van der Waals surface area contributed by atoms with Crippen molar-refractivity contribution in [3.8, 4) is 23.0 Å². The van der Waals surface area contributed by atoms with E-state index < -0.39 is 0 Å². The van der Waals surface area contributed by atoms with E-state index in [4.69, 9.17) is 30.5 Å². The Morgan fingerprint density at radius 1 is 1.13 bits per heavy atom. The molecule has 6 heteroatoms. The molecule has 3 rings (SSSR count). The van der Waals surface area contributed by atoms with Crippen molar-refractivity contribution in [2.45, 2.75) is 13.5 Å². The van der Waals surface area contributed by atoms with E-state index in [0.717, 1.165) is 22.7 Å². The lowest BCUT2D eigenvalue weighted by molar-refractivity contribution is 0.174. The predicted octanol–water partition coefficient (Wildman–Crippen LogP) is 4.09. The molecule has 0 atom stereocenters. The molecule has 1 heterocycles. The van der Waals surface area contributed by atoms with Crippen LogP contribution in [0, 0.1) is 0 Å². The molecule has 5 nitrogen and oxygen atoms in total. The van der Waals surface area contributed by atoms with E-state index in [2.05, 4.69) is 5.32 Å². The standard InChI is InChI=1S/C17H18ClNO4/c1-3-21-17-8-13(18)11(6-15(17)20-2)9-19-12-4-5-14-16(7-12)23-10-22-14/h4-8,19H,3,9-10H2,1-2H3. The van der Waals surface area contributed by atoms with Crippen LogP contribution < -0.4 is 24.3 Å². The SMILES string of the molecule is CCOc1cc(Cl)c(CNc2ccc3c(c2)OCO3)cc1OC. The van der Waals surface area contributed by atoms with Crippen LogP contribution in [0.15, 0.2) is 30.3 Å². The van der Waals surface area contributed by atoms with Gasteiger partial charge in [-0.05, 0) is 30.7 Å². The third kappa shape index (κ3) is 3.40. The molecule has 1 aliphatic rings. The van der Waals surface area contributed by atoms with Gasteiger partial charge in [-0.15, -0.1) is 0 Å². The third-order valence-corrected chi connectivity index (χ3v) is 3.84. The van der Waals surface area contributed by atoms with Gasteiger partial charge in [0.1, 0.15) is 0 Å². The van der Waals surface area contributed by atoms with Crippen LogP contribution in [0.5, 0.6) is 23.0 Å². The molecule has 1 aliphatic heterocycles. The van der Waals surface area contributed by atoms with Crippen LogP contribution in [-0.4, -0.2) is 20.5 Å². The lowest BCUT2D eigenvalue weighted by atomic mass is 10.2. The van der Waals surface area contributed by atoms with Crippen molar-refractivity contribution >= 4 is 17.3 Å². The molecule has 2 aromatic carbocycles. The molecule has 23 heavy (non-hydrogen) atoms. The second-order valence-electron chi connectivity index (χ2n) is 4.95. The Kier molecular flexibility index (Phi) is 4.67. The molecular weight excluding hydrogens is 318 g/mol. The van der Waals surface area contributed by atoms with Gasteiger partial charge >= 0.3 is 0 Å². The zero-order valence-corrected chi connectivity index (χ0v) is 13.8. The van der Waals surface area contributed by atoms with Gasteiger partial charge in [0.15, 0.2) is 23.0 Å². The number of hydrogen-bond acceptors (Lipinski definition) is 5. The number of methoxy groups -OCH3 is 1. The number of nitrogens with one attached hydrogen (secondary N) is 1. The molecule has 122 valence electrons. The van der Waals surface area contributed by atoms with Crippen LogP contribution in [0.1, 0.15) is 12.5 Å². The minimum absolute atomic E-state index is 0.265. The molecule has 0 saturated carbocycles. The van der Waals surface area contributed by atoms with Gasteiger partial charge in [-0.25, -0.2) is 0 Å². The molecule has 0 fully saturated rings. The van der Waals surface area contributed by atoms with E-state index >= 15 is 0 Å². The summed E-state index contributed by atoms with van der Waals surface area (Å²) < 4.78 is 21.5. The Labute approximate surface area is 140 Å². The monoisotopic (exact) mass is 335 g/mol. The Bertz CT molecular complexity index is 705. The molecule has 0 unspecified atom stereocenters. The summed E-state index contributed by atoms with van der Waals surface area (Å²) >= 11 is 6.33. The molecule has 0 bridgehead atoms. The maximum atomic E-state index is 6.33. The van der Waals surface area contributed by atoms with Gasteiger partial charge in [0.05, 0.1) is 13.7 Å². The molecule has 0 aromatic heterocycles. The van der Waals surface area contributed by atoms with Gasteiger partial charge in [0, 0.05) is 29.4 Å². The molecule has 0 amide bonds. The normalized spacial score (nSPS) is 12.1. The second-order valence-corrected chi connectivity index (χ2v) is 5.36. The van der Waals surface area contributed by atoms with Crippen molar-refractivity contribution in [1.29, 1.82) is 0 Å². The third-order valence-electron chi connectivity index (χ3n) is 3.49. The van der Waals surface area contributed by atoms with E-state index in [9.17, 15) is 0 Å². The van der Waals surface area contributed by atoms with Gasteiger partial charge < -0.3 is 24.3 Å². The first-order valence-corrected chi connectivity index (χ1v) is 7.71. The van der Waals surface area contributed by atoms with Gasteiger partial charge in [0.25, 0.3) is 0 Å². The van der Waals surface area contributed by atoms with Crippen LogP contribution in [0.25, 0.3) is 0 Å². The number of hydrogen-bond donors (Lipinski definition) is 1. The minimum Gasteiger partial charge on any atom is -0.493 e. The highest BCUT2D eigenvalue weighted by Gasteiger charge is 2.14. The molecule has 0 aliphatic carbocycles. The average Bonchev–Trinajstić information content (AvgIpc) is 3.02. The second kappa shape index (κ2) is 6.87. The number of rotatable bonds is 6. The van der Waals surface area contributed by atoms with Gasteiger partial charge in [-0.1, -0.05) is 11.6 Å². The smallest absolute Gasteiger partial charge is 0.231 e. The van der Waals surface area contributed by atoms with Crippen molar-refractivity contribution in [2.75, 3.05) is 25.8 Å². The van der Waals surface area contributed by atoms with Gasteiger partial charge in [-0.3, -0.25) is 0 Å². The lowest BCUT2D eigenvalue weighted by Gasteiger charge is -2.14. The zero-order chi connectivity index (χ0) is 16.2. The minimum atomic E-state index is 0.265. The number of ether oxygens (including phenoxy) is 4. The summed E-state index contributed by atoms with van der Waals surface area (Å²) in [7, 11) is 1.61. The van der Waals surface area contributed by atoms with Crippen molar-refractivity contribution in [3.63, 3.8) is 0 Å². The van der Waals surface area contributed by atoms with Crippen molar-refractivity contribution in [1.82, 2.24) is 0 Å². The largest absolute Gasteiger partial charge is 0.493 e. The highest BCUT2D eigenvalue weighted by atomic mass is 35.5. The highest BCUT2D eigenvalue weighted by Crippen LogP contribution is 2.36. The summed E-state index contributed by atoms with van der Waals surface area (Å²) in [6.45, 7) is 3.30. The van der Waals surface area contributed by atoms with Crippen LogP contribution in [0.4, 0.5) is 5.69 Å². The number of benzene rings is 2. The van der Waals surface area contributed by atoms with E-state index in [1.165, 1.54) is 0 Å². The fraction of sp³-hybridized carbons (Fsp3) is 0.294. The Morgan fingerprint density at radius 3 is 2.74 bits per heavy atom. The number of halogens is 1. The molecule has 0 saturated heterocycles. The van der Waals surface area contributed by atoms with Crippen molar-refractivity contribution < 1.29 is 18.9 Å². The summed E-state index contributed by atoms with van der Waals surface area (Å²) in [5.74, 6) is 2.81. The van der Waals surface area contributed by atoms with E-state index in [1.807, 2.05) is 31.2 Å². The van der Waals surface area contributed by atoms with Gasteiger partial charge in [0.2, 0.25) is 6.79 Å². The quantitative estimate of drug-likeness (QED) is 0.861. The van der Waals surface area contributed by atoms with Crippen molar-refractivity contribution in [3.05, 3.63) is 40.9 Å². The highest BCUT2D eigenvalue weighted by molar-refractivity contribution is 6.31. The summed E-state index contributed by atoms with van der Waals surface area (Å²) in [5.41, 5.74) is 1.85. The molecule has 0 spiro atoms. The topological polar surface area (TPSA) is 49.0 Å². The fourth-order valence-electron chi connectivity index (χ4n) is 2.34. The Morgan fingerprint density at radius 2 is 1.96 bits per heavy atom. The average molecular weight is 336 g/mol. The molecule has 0 radical (unpaired) electrons. The maximum Gasteiger partial charge on any atom is 0.231 e. The Balaban J connectivity index is 1.75. The fourth-order valence-corrected chi connectivity index (χ4v) is 2.56. The van der Waals surface area contributed by atoms with E-state index in [0.29, 0.717) is 29.7 Å². The first kappa shape index (κ1) is 15.6. The number of anilines is 1. The maximum absolute atomic E-state index is 6.33. The van der Waals surface area contributed by atoms with Crippen LogP contribution in [-0.2, 0) is 6.54 Å². The van der Waals surface area contributed by atoms with Crippen molar-refractivity contribution in [2.24, 2.45) is 0 Å². The number of fused-ring (bicyclic) bond motifs is 1. The summed E-state index contributed by atoms with van der Waals surface area (Å²) in [6, 6.07) is 9.38. The van der Waals surface area contributed by atoms with E-state index in [1.54, 1.807) is 13.2 Å². The van der Waals surface area contributed by atoms with Crippen LogP contribution in [0.3, 0.4) is 0 Å². The predicted molar refractivity (Wildman–Crippen MR) is 89.1 cm³/mol. The van der Waals surface area contributed by atoms with Crippen LogP contribution in [0.2, 0.25) is 5.02 Å². The summed E-state index contributed by atoms with van der Waals surface area (Å²) in [5, 5.41) is 3.95. The zero-order valence-electron chi connectivity index (χ0n) is 13.0. The summed E-state index contributed by atoms with van der Waals surface area (Å²) in [6.07, 6.45) is 0. The first-order valence-electron chi connectivity index (χ1n) is 7.34. The molecule has 1 N–H and O–H groups in total. The molecule has 2 aromatic rings. The van der Waals surface area contributed by atoms with Gasteiger partial charge in [-0.2, -0.15) is 0 Å². The lowest BCUT2D eigenvalue weighted by Crippen LogP contribution is -2.02. The Hall–Kier alpha value is -2.27. The van der Waals surface area contributed by atoms with Crippen LogP contribution >= 0.6 is 11.6 Å². The molecular formula is C17H18ClNO4.